The smallest absolute Gasteiger partial charge is 0.245 e. The minimum atomic E-state index is -1.72. The van der Waals surface area contributed by atoms with E-state index in [9.17, 15) is 67.7 Å². The monoisotopic (exact) mass is 1390 g/mol. The van der Waals surface area contributed by atoms with Crippen LogP contribution >= 0.6 is 11.8 Å². The van der Waals surface area contributed by atoms with E-state index in [1.54, 1.807) is 40.1 Å². The molecule has 2 aromatic rings. The average molecular weight is 1390 g/mol. The fourth-order valence-electron chi connectivity index (χ4n) is 10.4. The highest BCUT2D eigenvalue weighted by Crippen LogP contribution is 2.21. The fourth-order valence-corrected chi connectivity index (χ4v) is 10.9. The number of carbonyl (C=O) groups is 12. The number of benzene rings is 1. The zero-order chi connectivity index (χ0) is 73.1. The van der Waals surface area contributed by atoms with Gasteiger partial charge in [0.1, 0.15) is 60.4 Å². The predicted molar refractivity (Wildman–Crippen MR) is 371 cm³/mol. The number of hydrogen-bond acceptors (Lipinski definition) is 19. The van der Waals surface area contributed by atoms with Crippen LogP contribution in [-0.4, -0.2) is 203 Å². The van der Waals surface area contributed by atoms with Crippen molar-refractivity contribution in [2.45, 2.75) is 231 Å². The highest BCUT2D eigenvalue weighted by molar-refractivity contribution is 7.98. The molecule has 1 aromatic heterocycles. The molecule has 24 N–H and O–H groups in total. The molecule has 13 atom stereocenters. The molecule has 0 radical (unpaired) electrons. The minimum Gasteiger partial charge on any atom is -0.391 e. The van der Waals surface area contributed by atoms with Gasteiger partial charge < -0.3 is 102 Å². The summed E-state index contributed by atoms with van der Waals surface area (Å²) in [5, 5.41) is 50.8. The zero-order valence-electron chi connectivity index (χ0n) is 58.1. The Kier molecular flexibility index (Phi) is 39.9. The van der Waals surface area contributed by atoms with Crippen LogP contribution < -0.4 is 87.2 Å². The number of aliphatic hydroxyl groups excluding tert-OH is 2. The number of H-pyrrole nitrogens is 1. The molecule has 0 unspecified atom stereocenters. The molecule has 1 heterocycles. The number of primary amides is 1. The van der Waals surface area contributed by atoms with Crippen LogP contribution in [0.1, 0.15) is 151 Å². The van der Waals surface area contributed by atoms with E-state index in [1.165, 1.54) is 32.5 Å². The van der Waals surface area contributed by atoms with Crippen LogP contribution in [0.3, 0.4) is 0 Å². The molecular formula is C65H113N17O14S. The number of unbranched alkanes of at least 4 members (excludes halogenated alkanes) is 3. The van der Waals surface area contributed by atoms with E-state index in [4.69, 9.17) is 28.7 Å². The Morgan fingerprint density at radius 1 is 0.454 bits per heavy atom. The lowest BCUT2D eigenvalue weighted by atomic mass is 10.00. The maximum atomic E-state index is 14.6. The maximum absolute atomic E-state index is 14.6. The van der Waals surface area contributed by atoms with Crippen molar-refractivity contribution in [2.24, 2.45) is 46.4 Å². The Morgan fingerprint density at radius 3 is 1.24 bits per heavy atom. The molecular weight excluding hydrogens is 1270 g/mol. The van der Waals surface area contributed by atoms with Gasteiger partial charge in [-0.25, -0.2) is 0 Å². The number of rotatable bonds is 48. The summed E-state index contributed by atoms with van der Waals surface area (Å²) in [5.74, 6) is -9.87. The van der Waals surface area contributed by atoms with E-state index in [0.717, 1.165) is 10.9 Å². The molecule has 97 heavy (non-hydrogen) atoms. The van der Waals surface area contributed by atoms with Crippen molar-refractivity contribution < 1.29 is 67.7 Å². The van der Waals surface area contributed by atoms with Crippen molar-refractivity contribution in [1.82, 2.24) is 63.5 Å². The van der Waals surface area contributed by atoms with Gasteiger partial charge in [-0.2, -0.15) is 11.8 Å². The predicted octanol–water partition coefficient (Wildman–Crippen LogP) is -2.45. The lowest BCUT2D eigenvalue weighted by Gasteiger charge is -2.29. The quantitative estimate of drug-likeness (QED) is 0.0306. The Balaban J connectivity index is 2.49. The SMILES string of the molecule is CSCC[C@H](NC(=O)[C@@H](NC(=O)[C@H](CCCCN)NC(=O)[C@H](Cc1c[nH]c2ccccc12)NC(=O)[C@H](CC(C)C)NC(=O)[C@H](C)N)[C@@H](C)O)C(=O)N[C@@H](CC(C)C)C(=O)N[C@@H](CCCCN)C(=O)N[C@@H](CCCCN)C(=O)N[C@@H](CC(C)C)C(=O)NCC(=O)N[C@H](C(N)=O)[C@@H](C)O. The molecule has 0 saturated heterocycles. The van der Waals surface area contributed by atoms with Gasteiger partial charge in [0.15, 0.2) is 0 Å². The van der Waals surface area contributed by atoms with Gasteiger partial charge in [-0.05, 0) is 165 Å². The summed E-state index contributed by atoms with van der Waals surface area (Å²) in [6, 6.07) is -7.04. The van der Waals surface area contributed by atoms with Crippen molar-refractivity contribution in [1.29, 1.82) is 0 Å². The number of para-hydroxylation sites is 1. The van der Waals surface area contributed by atoms with Gasteiger partial charge in [0.2, 0.25) is 70.9 Å². The summed E-state index contributed by atoms with van der Waals surface area (Å²) in [4.78, 5) is 169. The highest BCUT2D eigenvalue weighted by Gasteiger charge is 2.38. The molecule has 31 nitrogen and oxygen atoms in total. The standard InChI is InChI=1S/C65H113N17O14S/c1-35(2)29-48(57(88)72-34-52(85)81-53(39(8)83)55(70)86)78-59(90)45(22-14-17-26-67)73-58(89)44(21-13-16-25-66)74-62(93)50(31-37(5)6)79-60(91)47(24-28-97-10)76-65(96)54(40(9)84)82-61(92)46(23-15-18-27-68)75-64(95)51(32-41-33-71-43-20-12-11-19-42(41)43)80-63(94)49(30-36(3)4)77-56(87)38(7)69/h11-12,19-20,33,35-40,44-51,53-54,71,83-84H,13-18,21-32,34,66-69H2,1-10H3,(H2,70,86)(H,72,88)(H,73,89)(H,74,93)(H,75,95)(H,76,96)(H,77,87)(H,78,90)(H,79,91)(H,80,94)(H,81,85)(H,82,92)/t38-,39+,40+,44-,45-,46-,47-,48-,49-,50-,51-,53-,54-/m0/s1. The number of amides is 12. The van der Waals surface area contributed by atoms with E-state index in [0.29, 0.717) is 49.8 Å². The van der Waals surface area contributed by atoms with E-state index in [-0.39, 0.29) is 88.8 Å². The molecule has 32 heteroatoms. The van der Waals surface area contributed by atoms with Crippen LogP contribution in [0.15, 0.2) is 30.5 Å². The molecule has 0 bridgehead atoms. The van der Waals surface area contributed by atoms with Crippen molar-refractivity contribution in [3.05, 3.63) is 36.0 Å². The normalized spacial score (nSPS) is 15.5. The van der Waals surface area contributed by atoms with E-state index in [1.807, 2.05) is 38.1 Å². The second-order valence-corrected chi connectivity index (χ2v) is 27.0. The van der Waals surface area contributed by atoms with Crippen molar-refractivity contribution in [3.63, 3.8) is 0 Å². The van der Waals surface area contributed by atoms with Gasteiger partial charge >= 0.3 is 0 Å². The van der Waals surface area contributed by atoms with Gasteiger partial charge in [-0.1, -0.05) is 59.7 Å². The number of aromatic amines is 1. The molecule has 12 amide bonds. The molecule has 0 fully saturated rings. The first-order valence-electron chi connectivity index (χ1n) is 33.6. The average Bonchev–Trinajstić information content (AvgIpc) is 1.75. The van der Waals surface area contributed by atoms with E-state index < -0.39 is 156 Å². The number of carbonyl (C=O) groups excluding carboxylic acids is 12. The molecule has 1 aromatic carbocycles. The Labute approximate surface area is 574 Å². The first kappa shape index (κ1) is 85.6. The molecule has 0 spiro atoms. The number of fused-ring (bicyclic) bond motifs is 1. The second kappa shape index (κ2) is 45.2. The van der Waals surface area contributed by atoms with Crippen LogP contribution in [0.25, 0.3) is 10.9 Å². The molecule has 0 saturated carbocycles. The number of hydrogen-bond donors (Lipinski definition) is 19. The second-order valence-electron chi connectivity index (χ2n) is 26.0. The summed E-state index contributed by atoms with van der Waals surface area (Å²) in [6.45, 7) is 15.0. The zero-order valence-corrected chi connectivity index (χ0v) is 59.0. The summed E-state index contributed by atoms with van der Waals surface area (Å²) in [6.07, 6.45) is 3.23. The van der Waals surface area contributed by atoms with Gasteiger partial charge in [0.25, 0.3) is 0 Å². The van der Waals surface area contributed by atoms with Gasteiger partial charge in [0, 0.05) is 23.5 Å². The first-order chi connectivity index (χ1) is 45.8. The Bertz CT molecular complexity index is 2860. The van der Waals surface area contributed by atoms with Crippen LogP contribution in [0, 0.1) is 17.8 Å². The van der Waals surface area contributed by atoms with E-state index >= 15 is 0 Å². The van der Waals surface area contributed by atoms with Gasteiger partial charge in [-0.15, -0.1) is 0 Å². The largest absolute Gasteiger partial charge is 0.391 e. The lowest BCUT2D eigenvalue weighted by Crippen LogP contribution is -2.62. The minimum absolute atomic E-state index is 0.00239. The Morgan fingerprint density at radius 2 is 0.825 bits per heavy atom. The van der Waals surface area contributed by atoms with Gasteiger partial charge in [-0.3, -0.25) is 57.5 Å². The van der Waals surface area contributed by atoms with Crippen LogP contribution in [0.5, 0.6) is 0 Å². The first-order valence-corrected chi connectivity index (χ1v) is 35.0. The van der Waals surface area contributed by atoms with Crippen LogP contribution in [0.2, 0.25) is 0 Å². The fraction of sp³-hybridized carbons (Fsp3) is 0.692. The summed E-state index contributed by atoms with van der Waals surface area (Å²) < 4.78 is 0. The maximum Gasteiger partial charge on any atom is 0.245 e. The van der Waals surface area contributed by atoms with Crippen molar-refractivity contribution in [2.75, 3.05) is 38.2 Å². The third-order valence-corrected chi connectivity index (χ3v) is 16.4. The number of aromatic nitrogens is 1. The van der Waals surface area contributed by atoms with Crippen molar-refractivity contribution in [3.8, 4) is 0 Å². The third-order valence-electron chi connectivity index (χ3n) is 15.7. The topological polar surface area (TPSA) is 524 Å². The summed E-state index contributed by atoms with van der Waals surface area (Å²) >= 11 is 1.34. The van der Waals surface area contributed by atoms with E-state index in [2.05, 4.69) is 63.5 Å². The number of aliphatic hydroxyl groups is 2. The number of thioether (sulfide) groups is 1. The van der Waals surface area contributed by atoms with Gasteiger partial charge in [0.05, 0.1) is 24.8 Å². The molecule has 2 rings (SSSR count). The molecule has 0 aliphatic carbocycles. The highest BCUT2D eigenvalue weighted by atomic mass is 32.2. The Hall–Kier alpha value is -7.49. The molecule has 548 valence electrons. The number of nitrogens with two attached hydrogens (primary N) is 5. The molecule has 0 aliphatic rings. The van der Waals surface area contributed by atoms with Crippen LogP contribution in [0.4, 0.5) is 0 Å². The lowest BCUT2D eigenvalue weighted by molar-refractivity contribution is -0.137. The summed E-state index contributed by atoms with van der Waals surface area (Å²) in [5.41, 5.74) is 30.0. The number of nitrogens with one attached hydrogen (secondary N) is 12. The molecule has 0 aliphatic heterocycles. The van der Waals surface area contributed by atoms with Crippen LogP contribution in [-0.2, 0) is 64.0 Å². The third kappa shape index (κ3) is 31.7. The summed E-state index contributed by atoms with van der Waals surface area (Å²) in [7, 11) is 0. The van der Waals surface area contributed by atoms with Crippen molar-refractivity contribution >= 4 is 93.6 Å².